The summed E-state index contributed by atoms with van der Waals surface area (Å²) >= 11 is 0. The van der Waals surface area contributed by atoms with Gasteiger partial charge in [-0.25, -0.2) is 9.98 Å². The molecule has 0 bridgehead atoms. The van der Waals surface area contributed by atoms with Crippen molar-refractivity contribution in [2.75, 3.05) is 51.5 Å². The number of nitrogens with zero attached hydrogens (tertiary/aromatic N) is 4. The van der Waals surface area contributed by atoms with Crippen molar-refractivity contribution in [3.8, 4) is 6.07 Å². The molecule has 2 aliphatic heterocycles. The maximum atomic E-state index is 9.76. The highest BCUT2D eigenvalue weighted by Crippen LogP contribution is 2.36. The summed E-state index contributed by atoms with van der Waals surface area (Å²) in [6.07, 6.45) is 3.94. The number of aromatic nitrogens is 1. The van der Waals surface area contributed by atoms with Gasteiger partial charge >= 0.3 is 0 Å². The second-order valence-electron chi connectivity index (χ2n) is 6.20. The summed E-state index contributed by atoms with van der Waals surface area (Å²) in [5.74, 6) is 1.21. The number of pyridine rings is 1. The van der Waals surface area contributed by atoms with E-state index in [0.717, 1.165) is 5.56 Å². The van der Waals surface area contributed by atoms with Crippen molar-refractivity contribution in [1.29, 1.82) is 10.7 Å². The number of nitrogens with one attached hydrogen (secondary N) is 2. The van der Waals surface area contributed by atoms with Crippen LogP contribution in [0.2, 0.25) is 0 Å². The minimum atomic E-state index is -0.695. The maximum Gasteiger partial charge on any atom is 0.165 e. The second kappa shape index (κ2) is 12.5. The average molecular weight is 419 g/mol. The Morgan fingerprint density at radius 3 is 2.50 bits per heavy atom. The highest BCUT2D eigenvalue weighted by molar-refractivity contribution is 5.96. The molecule has 0 spiro atoms. The zero-order valence-corrected chi connectivity index (χ0v) is 17.8. The largest absolute Gasteiger partial charge is 0.404 e. The monoisotopic (exact) mass is 418 g/mol. The number of alkyl halides is 1. The lowest BCUT2D eigenvalue weighted by molar-refractivity contribution is 0.122. The molecule has 0 atom stereocenters. The highest BCUT2D eigenvalue weighted by Gasteiger charge is 2.42. The molecule has 3 rings (SSSR count). The molecule has 30 heavy (non-hydrogen) atoms. The number of hydrogen-bond acceptors (Lipinski definition) is 8. The lowest BCUT2D eigenvalue weighted by Crippen LogP contribution is -2.56. The summed E-state index contributed by atoms with van der Waals surface area (Å²) in [6, 6.07) is 4.28. The van der Waals surface area contributed by atoms with Crippen molar-refractivity contribution in [1.82, 2.24) is 10.3 Å². The lowest BCUT2D eigenvalue weighted by atomic mass is 9.75. The Bertz CT molecular complexity index is 793. The minimum absolute atomic E-state index is 0.186. The molecule has 2 aliphatic rings. The van der Waals surface area contributed by atoms with Gasteiger partial charge in [0.15, 0.2) is 5.82 Å². The first-order chi connectivity index (χ1) is 14.6. The highest BCUT2D eigenvalue weighted by atomic mass is 19.1. The molecule has 1 aromatic rings. The predicted octanol–water partition coefficient (Wildman–Crippen LogP) is 1.35. The van der Waals surface area contributed by atoms with Crippen molar-refractivity contribution < 1.29 is 9.13 Å². The van der Waals surface area contributed by atoms with E-state index in [1.165, 1.54) is 18.5 Å². The van der Waals surface area contributed by atoms with Crippen LogP contribution in [0.1, 0.15) is 25.0 Å². The van der Waals surface area contributed by atoms with E-state index in [9.17, 15) is 9.65 Å². The number of nitriles is 1. The van der Waals surface area contributed by atoms with E-state index < -0.39 is 5.41 Å². The molecule has 3 heterocycles. The molecule has 0 unspecified atom stereocenters. The number of morpholine rings is 1. The van der Waals surface area contributed by atoms with Gasteiger partial charge in [0, 0.05) is 38.0 Å². The molecule has 9 nitrogen and oxygen atoms in total. The van der Waals surface area contributed by atoms with E-state index in [1.807, 2.05) is 19.9 Å². The van der Waals surface area contributed by atoms with Gasteiger partial charge in [0.2, 0.25) is 0 Å². The smallest absolute Gasteiger partial charge is 0.165 e. The van der Waals surface area contributed by atoms with Gasteiger partial charge in [-0.3, -0.25) is 4.39 Å². The van der Waals surface area contributed by atoms with E-state index in [4.69, 9.17) is 21.6 Å². The zero-order chi connectivity index (χ0) is 22.6. The second-order valence-corrected chi connectivity index (χ2v) is 6.20. The van der Waals surface area contributed by atoms with E-state index in [0.29, 0.717) is 63.8 Å². The van der Waals surface area contributed by atoms with Crippen LogP contribution in [-0.4, -0.2) is 63.6 Å². The zero-order valence-electron chi connectivity index (χ0n) is 17.8. The first-order valence-electron chi connectivity index (χ1n) is 9.74. The Morgan fingerprint density at radius 2 is 2.03 bits per heavy atom. The Balaban J connectivity index is 0.00000106. The molecule has 164 valence electrons. The van der Waals surface area contributed by atoms with Crippen LogP contribution in [0.3, 0.4) is 0 Å². The van der Waals surface area contributed by atoms with Crippen LogP contribution in [0.15, 0.2) is 23.3 Å². The number of aliphatic imine (C=N–C) groups is 1. The maximum absolute atomic E-state index is 9.76. The van der Waals surface area contributed by atoms with Crippen molar-refractivity contribution in [2.45, 2.75) is 19.3 Å². The fourth-order valence-electron chi connectivity index (χ4n) is 3.07. The third-order valence-corrected chi connectivity index (χ3v) is 4.59. The number of hydrogen-bond donors (Lipinski definition) is 4. The normalized spacial score (nSPS) is 17.6. The van der Waals surface area contributed by atoms with Crippen LogP contribution < -0.4 is 21.7 Å². The number of amidine groups is 1. The van der Waals surface area contributed by atoms with Crippen molar-refractivity contribution in [2.24, 2.45) is 16.5 Å². The van der Waals surface area contributed by atoms with Gasteiger partial charge in [0.1, 0.15) is 17.1 Å². The van der Waals surface area contributed by atoms with E-state index in [-0.39, 0.29) is 5.84 Å². The first kappa shape index (κ1) is 25.0. The molecule has 10 heteroatoms. The van der Waals surface area contributed by atoms with Gasteiger partial charge in [-0.1, -0.05) is 13.8 Å². The van der Waals surface area contributed by atoms with Crippen LogP contribution in [0.25, 0.3) is 0 Å². The molecule has 0 amide bonds. The predicted molar refractivity (Wildman–Crippen MR) is 118 cm³/mol. The fraction of sp³-hybridized carbons (Fsp3) is 0.500. The van der Waals surface area contributed by atoms with Crippen LogP contribution in [0, 0.1) is 16.7 Å². The number of halogens is 1. The summed E-state index contributed by atoms with van der Waals surface area (Å²) in [4.78, 5) is 11.0. The van der Waals surface area contributed by atoms with Gasteiger partial charge in [-0.05, 0) is 23.9 Å². The lowest BCUT2D eigenvalue weighted by Gasteiger charge is -2.38. The fourth-order valence-corrected chi connectivity index (χ4v) is 3.07. The van der Waals surface area contributed by atoms with Gasteiger partial charge in [0.05, 0.1) is 26.5 Å². The summed E-state index contributed by atoms with van der Waals surface area (Å²) in [6.45, 7) is 7.69. The molecule has 0 aromatic carbocycles. The minimum Gasteiger partial charge on any atom is -0.404 e. The van der Waals surface area contributed by atoms with Crippen molar-refractivity contribution in [3.05, 3.63) is 29.5 Å². The number of anilines is 1. The Labute approximate surface area is 177 Å². The first-order valence-corrected chi connectivity index (χ1v) is 9.74. The van der Waals surface area contributed by atoms with Crippen molar-refractivity contribution in [3.63, 3.8) is 0 Å². The standard InChI is InChI=1S/C17H22N8O.C2H6.CH3F/c18-2-1-14(21)23-16-12(8-19)13(17(9-20)10-22-11-17)7-15(24-16)25-3-5-26-6-4-25;2*1-2/h1-2,7-8,19,22H,3-6,10-11,18H2,(H2,21,23,24);1-2H3;1H3/b2-1-,19-8?;;. The SMILES string of the molecule is CC.CF.N#CC1(c2cc(N3CCOCC3)nc(/N=C(N)\C=C/N)c2C=N)CNC1. The molecular weight excluding hydrogens is 387 g/mol. The molecule has 0 saturated carbocycles. The number of rotatable bonds is 5. The van der Waals surface area contributed by atoms with Gasteiger partial charge in [-0.2, -0.15) is 5.26 Å². The Kier molecular flexibility index (Phi) is 10.4. The molecule has 2 saturated heterocycles. The van der Waals surface area contributed by atoms with Crippen molar-refractivity contribution >= 4 is 23.7 Å². The van der Waals surface area contributed by atoms with Gasteiger partial charge < -0.3 is 31.8 Å². The summed E-state index contributed by atoms with van der Waals surface area (Å²) in [7, 11) is 0.500. The molecule has 0 aliphatic carbocycles. The van der Waals surface area contributed by atoms with Gasteiger partial charge in [0.25, 0.3) is 0 Å². The summed E-state index contributed by atoms with van der Waals surface area (Å²) in [5, 5.41) is 20.8. The topological polar surface area (TPSA) is 149 Å². The molecule has 6 N–H and O–H groups in total. The van der Waals surface area contributed by atoms with E-state index in [1.54, 1.807) is 0 Å². The Morgan fingerprint density at radius 1 is 1.40 bits per heavy atom. The molecule has 1 aromatic heterocycles. The third kappa shape index (κ3) is 5.52. The van der Waals surface area contributed by atoms with E-state index >= 15 is 0 Å². The average Bonchev–Trinajstić information content (AvgIpc) is 2.77. The van der Waals surface area contributed by atoms with Crippen LogP contribution in [-0.2, 0) is 10.2 Å². The number of ether oxygens (including phenoxy) is 1. The van der Waals surface area contributed by atoms with Gasteiger partial charge in [-0.15, -0.1) is 0 Å². The molecule has 2 fully saturated rings. The van der Waals surface area contributed by atoms with Crippen LogP contribution in [0.5, 0.6) is 0 Å². The summed E-state index contributed by atoms with van der Waals surface area (Å²) in [5.41, 5.74) is 11.8. The van der Waals surface area contributed by atoms with Crippen LogP contribution in [0.4, 0.5) is 16.0 Å². The molecular formula is C20H31FN8O. The number of nitrogens with two attached hydrogens (primary N) is 2. The third-order valence-electron chi connectivity index (χ3n) is 4.59. The molecule has 0 radical (unpaired) electrons. The quantitative estimate of drug-likeness (QED) is 0.416. The van der Waals surface area contributed by atoms with Crippen LogP contribution >= 0.6 is 0 Å². The van der Waals surface area contributed by atoms with E-state index in [2.05, 4.69) is 26.3 Å². The Hall–Kier alpha value is -3.03. The summed E-state index contributed by atoms with van der Waals surface area (Å²) < 4.78 is 14.9.